The molecule has 0 unspecified atom stereocenters. The van der Waals surface area contributed by atoms with Crippen LogP contribution in [-0.4, -0.2) is 36.6 Å². The lowest BCUT2D eigenvalue weighted by Gasteiger charge is -2.24. The lowest BCUT2D eigenvalue weighted by atomic mass is 9.89. The molecule has 0 aliphatic heterocycles. The van der Waals surface area contributed by atoms with Crippen LogP contribution in [0.25, 0.3) is 22.3 Å². The second kappa shape index (κ2) is 12.9. The monoisotopic (exact) mass is 552 g/mol. The third-order valence-corrected chi connectivity index (χ3v) is 8.22. The Bertz CT molecular complexity index is 1370. The highest BCUT2D eigenvalue weighted by Gasteiger charge is 2.22. The third-order valence-electron chi connectivity index (χ3n) is 8.22. The number of aromatic hydroxyl groups is 2. The molecule has 0 aliphatic carbocycles. The maximum Gasteiger partial charge on any atom is 0.126 e. The molecule has 2 N–H and O–H groups in total. The van der Waals surface area contributed by atoms with Crippen LogP contribution in [0.3, 0.4) is 0 Å². The number of benzene rings is 4. The first kappa shape index (κ1) is 30.4. The van der Waals surface area contributed by atoms with Crippen LogP contribution in [0.2, 0.25) is 0 Å². The van der Waals surface area contributed by atoms with Crippen LogP contribution in [0.1, 0.15) is 50.9 Å². The summed E-state index contributed by atoms with van der Waals surface area (Å²) in [4.78, 5) is 0. The van der Waals surface area contributed by atoms with Crippen LogP contribution in [0.5, 0.6) is 11.5 Å². The molecule has 216 valence electrons. The van der Waals surface area contributed by atoms with Crippen molar-refractivity contribution in [1.29, 1.82) is 0 Å². The number of methoxy groups -OCH3 is 2. The van der Waals surface area contributed by atoms with Gasteiger partial charge >= 0.3 is 0 Å². The summed E-state index contributed by atoms with van der Waals surface area (Å²) in [5.74, 6) is 0.598. The first-order valence-corrected chi connectivity index (χ1v) is 14.4. The van der Waals surface area contributed by atoms with Crippen LogP contribution in [0.15, 0.2) is 60.7 Å². The first-order chi connectivity index (χ1) is 19.5. The molecular weight excluding hydrogens is 508 g/mol. The van der Waals surface area contributed by atoms with Gasteiger partial charge in [0.05, 0.1) is 12.2 Å². The van der Waals surface area contributed by atoms with Gasteiger partial charge in [0.2, 0.25) is 0 Å². The van der Waals surface area contributed by atoms with E-state index >= 15 is 0 Å². The van der Waals surface area contributed by atoms with E-state index in [1.54, 1.807) is 14.2 Å². The van der Waals surface area contributed by atoms with E-state index in [4.69, 9.17) is 9.47 Å². The molecule has 4 aromatic rings. The highest BCUT2D eigenvalue weighted by Crippen LogP contribution is 2.39. The Morgan fingerprint density at radius 1 is 0.561 bits per heavy atom. The van der Waals surface area contributed by atoms with E-state index in [0.29, 0.717) is 30.8 Å². The number of rotatable bonds is 10. The van der Waals surface area contributed by atoms with E-state index in [1.165, 1.54) is 11.1 Å². The van der Waals surface area contributed by atoms with Gasteiger partial charge in [0, 0.05) is 44.6 Å². The minimum atomic E-state index is -0.173. The van der Waals surface area contributed by atoms with Crippen molar-refractivity contribution >= 4 is 0 Å². The lowest BCUT2D eigenvalue weighted by molar-refractivity contribution is 0.0227. The van der Waals surface area contributed by atoms with Gasteiger partial charge in [-0.3, -0.25) is 0 Å². The SMILES string of the molecule is CO[C@@H](Cc1cccc(-c2c(C)cc(C)cc2C)c1O)C[C@H](Cc1cccc(-c2c(C)cc(C)cc2C)c1O)OC. The summed E-state index contributed by atoms with van der Waals surface area (Å²) in [5.41, 5.74) is 12.6. The Morgan fingerprint density at radius 3 is 1.22 bits per heavy atom. The normalized spacial score (nSPS) is 12.9. The number of ether oxygens (including phenoxy) is 2. The molecule has 2 atom stereocenters. The van der Waals surface area contributed by atoms with Crippen molar-refractivity contribution < 1.29 is 19.7 Å². The minimum absolute atomic E-state index is 0.173. The van der Waals surface area contributed by atoms with Crippen molar-refractivity contribution in [2.45, 2.75) is 73.0 Å². The molecule has 0 aromatic heterocycles. The highest BCUT2D eigenvalue weighted by atomic mass is 16.5. The van der Waals surface area contributed by atoms with Gasteiger partial charge in [-0.2, -0.15) is 0 Å². The molecule has 4 heteroatoms. The molecule has 41 heavy (non-hydrogen) atoms. The molecule has 4 aromatic carbocycles. The summed E-state index contributed by atoms with van der Waals surface area (Å²) >= 11 is 0. The van der Waals surface area contributed by atoms with Gasteiger partial charge in [-0.05, 0) is 86.1 Å². The Hall–Kier alpha value is -3.60. The summed E-state index contributed by atoms with van der Waals surface area (Å²) in [5, 5.41) is 22.7. The largest absolute Gasteiger partial charge is 0.507 e. The molecule has 0 saturated heterocycles. The quantitative estimate of drug-likeness (QED) is 0.207. The molecule has 4 rings (SSSR count). The van der Waals surface area contributed by atoms with E-state index in [-0.39, 0.29) is 12.2 Å². The fourth-order valence-corrected chi connectivity index (χ4v) is 6.43. The van der Waals surface area contributed by atoms with E-state index in [2.05, 4.69) is 65.8 Å². The average Bonchev–Trinajstić information content (AvgIpc) is 2.90. The van der Waals surface area contributed by atoms with Crippen LogP contribution in [-0.2, 0) is 22.3 Å². The summed E-state index contributed by atoms with van der Waals surface area (Å²) in [6.45, 7) is 12.6. The molecule has 0 bridgehead atoms. The molecule has 0 saturated carbocycles. The molecule has 0 radical (unpaired) electrons. The van der Waals surface area contributed by atoms with Crippen molar-refractivity contribution in [1.82, 2.24) is 0 Å². The summed E-state index contributed by atoms with van der Waals surface area (Å²) in [6, 6.07) is 20.5. The topological polar surface area (TPSA) is 58.9 Å². The van der Waals surface area contributed by atoms with Crippen molar-refractivity contribution in [3.8, 4) is 33.8 Å². The zero-order valence-electron chi connectivity index (χ0n) is 25.8. The van der Waals surface area contributed by atoms with E-state index < -0.39 is 0 Å². The average molecular weight is 553 g/mol. The second-order valence-electron chi connectivity index (χ2n) is 11.5. The summed E-state index contributed by atoms with van der Waals surface area (Å²) < 4.78 is 11.8. The van der Waals surface area contributed by atoms with Crippen LogP contribution in [0, 0.1) is 41.5 Å². The Balaban J connectivity index is 1.56. The zero-order chi connectivity index (χ0) is 29.8. The molecular formula is C37H44O4. The van der Waals surface area contributed by atoms with Crippen molar-refractivity contribution in [2.24, 2.45) is 0 Å². The Kier molecular flexibility index (Phi) is 9.57. The predicted molar refractivity (Wildman–Crippen MR) is 169 cm³/mol. The van der Waals surface area contributed by atoms with Crippen molar-refractivity contribution in [3.63, 3.8) is 0 Å². The molecule has 0 amide bonds. The van der Waals surface area contributed by atoms with Gasteiger partial charge in [0.25, 0.3) is 0 Å². The fourth-order valence-electron chi connectivity index (χ4n) is 6.43. The van der Waals surface area contributed by atoms with Gasteiger partial charge in [-0.15, -0.1) is 0 Å². The summed E-state index contributed by atoms with van der Waals surface area (Å²) in [6.07, 6.45) is 1.37. The van der Waals surface area contributed by atoms with Gasteiger partial charge in [0.15, 0.2) is 0 Å². The van der Waals surface area contributed by atoms with E-state index in [9.17, 15) is 10.2 Å². The smallest absolute Gasteiger partial charge is 0.126 e. The molecule has 0 heterocycles. The maximum absolute atomic E-state index is 11.3. The van der Waals surface area contributed by atoms with Crippen LogP contribution < -0.4 is 0 Å². The second-order valence-corrected chi connectivity index (χ2v) is 11.5. The van der Waals surface area contributed by atoms with Crippen molar-refractivity contribution in [2.75, 3.05) is 14.2 Å². The molecule has 0 spiro atoms. The van der Waals surface area contributed by atoms with Crippen molar-refractivity contribution in [3.05, 3.63) is 105 Å². The van der Waals surface area contributed by atoms with Gasteiger partial charge in [0.1, 0.15) is 11.5 Å². The number of aryl methyl sites for hydroxylation is 6. The lowest BCUT2D eigenvalue weighted by Crippen LogP contribution is -2.25. The molecule has 4 nitrogen and oxygen atoms in total. The maximum atomic E-state index is 11.3. The number of hydrogen-bond donors (Lipinski definition) is 2. The fraction of sp³-hybridized carbons (Fsp3) is 0.351. The third kappa shape index (κ3) is 6.66. The highest BCUT2D eigenvalue weighted by molar-refractivity contribution is 5.78. The van der Waals surface area contributed by atoms with Gasteiger partial charge < -0.3 is 19.7 Å². The number of hydrogen-bond acceptors (Lipinski definition) is 4. The summed E-state index contributed by atoms with van der Waals surface area (Å²) in [7, 11) is 3.40. The number of para-hydroxylation sites is 2. The minimum Gasteiger partial charge on any atom is -0.507 e. The Morgan fingerprint density at radius 2 is 0.902 bits per heavy atom. The predicted octanol–water partition coefficient (Wildman–Crippen LogP) is 8.49. The van der Waals surface area contributed by atoms with Gasteiger partial charge in [-0.25, -0.2) is 0 Å². The van der Waals surface area contributed by atoms with E-state index in [1.807, 2.05) is 36.4 Å². The zero-order valence-corrected chi connectivity index (χ0v) is 25.8. The first-order valence-electron chi connectivity index (χ1n) is 14.4. The van der Waals surface area contributed by atoms with Crippen LogP contribution >= 0.6 is 0 Å². The molecule has 0 fully saturated rings. The number of phenolic OH excluding ortho intramolecular Hbond substituents is 2. The van der Waals surface area contributed by atoms with Gasteiger partial charge in [-0.1, -0.05) is 71.8 Å². The van der Waals surface area contributed by atoms with Crippen LogP contribution in [0.4, 0.5) is 0 Å². The Labute approximate surface area is 245 Å². The van der Waals surface area contributed by atoms with E-state index in [0.717, 1.165) is 55.6 Å². The molecule has 0 aliphatic rings. The standard InChI is InChI=1S/C37H44O4/c1-22-15-24(3)34(25(4)16-22)32-13-9-11-28(36(32)38)19-30(40-7)21-31(41-8)20-29-12-10-14-33(37(29)39)35-26(5)17-23(2)18-27(35)6/h9-18,30-31,38-39H,19-21H2,1-8H3/t30-,31-/m0/s1. The number of phenols is 2.